The zero-order valence-corrected chi connectivity index (χ0v) is 14.2. The number of benzene rings is 1. The van der Waals surface area contributed by atoms with Crippen LogP contribution in [0.1, 0.15) is 45.7 Å². The van der Waals surface area contributed by atoms with Gasteiger partial charge in [0.25, 0.3) is 0 Å². The smallest absolute Gasteiger partial charge is 0.127 e. The lowest BCUT2D eigenvalue weighted by Crippen LogP contribution is -2.31. The van der Waals surface area contributed by atoms with Crippen LogP contribution in [0.25, 0.3) is 0 Å². The van der Waals surface area contributed by atoms with E-state index in [4.69, 9.17) is 14.2 Å². The summed E-state index contributed by atoms with van der Waals surface area (Å²) in [6, 6.07) is 6.00. The molecule has 0 aliphatic carbocycles. The van der Waals surface area contributed by atoms with Gasteiger partial charge in [-0.1, -0.05) is 6.92 Å². The van der Waals surface area contributed by atoms with Gasteiger partial charge in [0.2, 0.25) is 0 Å². The van der Waals surface area contributed by atoms with E-state index in [2.05, 4.69) is 33.0 Å². The van der Waals surface area contributed by atoms with E-state index in [1.807, 2.05) is 18.2 Å². The summed E-state index contributed by atoms with van der Waals surface area (Å²) in [6.45, 7) is 9.89. The summed E-state index contributed by atoms with van der Waals surface area (Å²) in [5.74, 6) is 1.61. The maximum Gasteiger partial charge on any atom is 0.127 e. The van der Waals surface area contributed by atoms with Crippen molar-refractivity contribution in [1.82, 2.24) is 5.32 Å². The van der Waals surface area contributed by atoms with Crippen molar-refractivity contribution in [3.8, 4) is 11.5 Å². The van der Waals surface area contributed by atoms with Crippen LogP contribution in [-0.2, 0) is 4.74 Å². The standard InChI is InChI=1S/C17H29NO3/c1-7-10-18-15(12-21-17(2,3)4)14-9-8-13(19-5)11-16(14)20-6/h8-9,11,15,18H,7,10,12H2,1-6H3. The van der Waals surface area contributed by atoms with Gasteiger partial charge in [-0.3, -0.25) is 0 Å². The quantitative estimate of drug-likeness (QED) is 0.796. The lowest BCUT2D eigenvalue weighted by molar-refractivity contribution is -0.0150. The van der Waals surface area contributed by atoms with Crippen molar-refractivity contribution in [3.05, 3.63) is 23.8 Å². The molecule has 0 amide bonds. The molecule has 0 heterocycles. The van der Waals surface area contributed by atoms with Crippen LogP contribution < -0.4 is 14.8 Å². The highest BCUT2D eigenvalue weighted by Crippen LogP contribution is 2.30. The third-order valence-corrected chi connectivity index (χ3v) is 3.14. The number of hydrogen-bond acceptors (Lipinski definition) is 4. The second kappa shape index (κ2) is 8.25. The average molecular weight is 295 g/mol. The average Bonchev–Trinajstić information content (AvgIpc) is 2.46. The summed E-state index contributed by atoms with van der Waals surface area (Å²) in [7, 11) is 3.34. The molecular weight excluding hydrogens is 266 g/mol. The van der Waals surface area contributed by atoms with Crippen LogP contribution in [0, 0.1) is 0 Å². The molecule has 0 fully saturated rings. The fourth-order valence-electron chi connectivity index (χ4n) is 2.02. The predicted molar refractivity (Wildman–Crippen MR) is 86.3 cm³/mol. The van der Waals surface area contributed by atoms with Gasteiger partial charge in [-0.15, -0.1) is 0 Å². The van der Waals surface area contributed by atoms with Crippen molar-refractivity contribution >= 4 is 0 Å². The molecule has 0 spiro atoms. The normalized spacial score (nSPS) is 13.0. The Morgan fingerprint density at radius 3 is 2.38 bits per heavy atom. The molecule has 1 aromatic rings. The van der Waals surface area contributed by atoms with Crippen LogP contribution in [0.5, 0.6) is 11.5 Å². The summed E-state index contributed by atoms with van der Waals surface area (Å²) in [4.78, 5) is 0. The molecule has 4 heteroatoms. The Hall–Kier alpha value is -1.26. The molecule has 0 bridgehead atoms. The number of methoxy groups -OCH3 is 2. The summed E-state index contributed by atoms with van der Waals surface area (Å²) >= 11 is 0. The zero-order valence-electron chi connectivity index (χ0n) is 14.2. The van der Waals surface area contributed by atoms with Gasteiger partial charge in [-0.2, -0.15) is 0 Å². The van der Waals surface area contributed by atoms with Crippen molar-refractivity contribution in [2.24, 2.45) is 0 Å². The molecule has 1 unspecified atom stereocenters. The summed E-state index contributed by atoms with van der Waals surface area (Å²) < 4.78 is 16.7. The second-order valence-electron chi connectivity index (χ2n) is 6.04. The summed E-state index contributed by atoms with van der Waals surface area (Å²) in [5, 5.41) is 3.52. The number of rotatable bonds is 8. The fraction of sp³-hybridized carbons (Fsp3) is 0.647. The SMILES string of the molecule is CCCNC(COC(C)(C)C)c1ccc(OC)cc1OC. The van der Waals surface area contributed by atoms with Gasteiger partial charge in [-0.05, 0) is 45.9 Å². The van der Waals surface area contributed by atoms with E-state index in [1.165, 1.54) is 0 Å². The first kappa shape index (κ1) is 17.8. The Balaban J connectivity index is 2.95. The van der Waals surface area contributed by atoms with Crippen LogP contribution in [0.4, 0.5) is 0 Å². The second-order valence-corrected chi connectivity index (χ2v) is 6.04. The van der Waals surface area contributed by atoms with Gasteiger partial charge < -0.3 is 19.5 Å². The van der Waals surface area contributed by atoms with Gasteiger partial charge in [-0.25, -0.2) is 0 Å². The highest BCUT2D eigenvalue weighted by atomic mass is 16.5. The Morgan fingerprint density at radius 1 is 1.14 bits per heavy atom. The molecule has 1 N–H and O–H groups in total. The van der Waals surface area contributed by atoms with Crippen molar-refractivity contribution in [2.45, 2.75) is 45.8 Å². The van der Waals surface area contributed by atoms with Gasteiger partial charge in [0.15, 0.2) is 0 Å². The van der Waals surface area contributed by atoms with E-state index in [9.17, 15) is 0 Å². The van der Waals surface area contributed by atoms with E-state index in [0.29, 0.717) is 6.61 Å². The molecule has 0 saturated carbocycles. The Bertz CT molecular complexity index is 427. The molecule has 0 aliphatic rings. The maximum atomic E-state index is 5.95. The third kappa shape index (κ3) is 5.94. The van der Waals surface area contributed by atoms with Crippen molar-refractivity contribution in [3.63, 3.8) is 0 Å². The van der Waals surface area contributed by atoms with Crippen molar-refractivity contribution in [1.29, 1.82) is 0 Å². The van der Waals surface area contributed by atoms with Crippen molar-refractivity contribution in [2.75, 3.05) is 27.4 Å². The van der Waals surface area contributed by atoms with Crippen LogP contribution in [0.2, 0.25) is 0 Å². The molecule has 1 aromatic carbocycles. The summed E-state index contributed by atoms with van der Waals surface area (Å²) in [6.07, 6.45) is 1.07. The molecule has 0 aromatic heterocycles. The lowest BCUT2D eigenvalue weighted by atomic mass is 10.1. The topological polar surface area (TPSA) is 39.7 Å². The third-order valence-electron chi connectivity index (χ3n) is 3.14. The van der Waals surface area contributed by atoms with Crippen molar-refractivity contribution < 1.29 is 14.2 Å². The predicted octanol–water partition coefficient (Wildman–Crippen LogP) is 3.56. The molecule has 0 aliphatic heterocycles. The lowest BCUT2D eigenvalue weighted by Gasteiger charge is -2.26. The largest absolute Gasteiger partial charge is 0.497 e. The Morgan fingerprint density at radius 2 is 1.86 bits per heavy atom. The first-order chi connectivity index (χ1) is 9.91. The first-order valence-corrected chi connectivity index (χ1v) is 7.50. The van der Waals surface area contributed by atoms with E-state index < -0.39 is 0 Å². The van der Waals surface area contributed by atoms with Gasteiger partial charge in [0.1, 0.15) is 11.5 Å². The van der Waals surface area contributed by atoms with Gasteiger partial charge >= 0.3 is 0 Å². The molecular formula is C17H29NO3. The van der Waals surface area contributed by atoms with Crippen LogP contribution in [-0.4, -0.2) is 33.0 Å². The minimum absolute atomic E-state index is 0.102. The summed E-state index contributed by atoms with van der Waals surface area (Å²) in [5.41, 5.74) is 0.933. The molecule has 0 radical (unpaired) electrons. The van der Waals surface area contributed by atoms with Gasteiger partial charge in [0.05, 0.1) is 32.5 Å². The maximum absolute atomic E-state index is 5.95. The van der Waals surface area contributed by atoms with Crippen LogP contribution in [0.3, 0.4) is 0 Å². The molecule has 4 nitrogen and oxygen atoms in total. The van der Waals surface area contributed by atoms with E-state index >= 15 is 0 Å². The molecule has 0 saturated heterocycles. The first-order valence-electron chi connectivity index (χ1n) is 7.50. The molecule has 21 heavy (non-hydrogen) atoms. The highest BCUT2D eigenvalue weighted by Gasteiger charge is 2.20. The Labute approximate surface area is 128 Å². The van der Waals surface area contributed by atoms with Gasteiger partial charge in [0, 0.05) is 11.6 Å². The monoisotopic (exact) mass is 295 g/mol. The van der Waals surface area contributed by atoms with E-state index in [1.54, 1.807) is 14.2 Å². The molecule has 1 rings (SSSR count). The number of hydrogen-bond donors (Lipinski definition) is 1. The van der Waals surface area contributed by atoms with Crippen LogP contribution in [0.15, 0.2) is 18.2 Å². The molecule has 120 valence electrons. The number of nitrogens with one attached hydrogen (secondary N) is 1. The number of ether oxygens (including phenoxy) is 3. The fourth-order valence-corrected chi connectivity index (χ4v) is 2.02. The van der Waals surface area contributed by atoms with E-state index in [-0.39, 0.29) is 11.6 Å². The minimum Gasteiger partial charge on any atom is -0.497 e. The van der Waals surface area contributed by atoms with Crippen LogP contribution >= 0.6 is 0 Å². The highest BCUT2D eigenvalue weighted by molar-refractivity contribution is 5.42. The zero-order chi connectivity index (χ0) is 15.9. The van der Waals surface area contributed by atoms with E-state index in [0.717, 1.165) is 30.0 Å². The Kier molecular flexibility index (Phi) is 6.99. The minimum atomic E-state index is -0.161. The molecule has 1 atom stereocenters.